The number of pyridine rings is 1. The van der Waals surface area contributed by atoms with E-state index in [9.17, 15) is 17.6 Å². The molecule has 1 spiro atoms. The molecule has 4 aromatic carbocycles. The maximum Gasteiger partial charge on any atom is 0.324 e. The molecule has 4 saturated heterocycles. The molecule has 8 aliphatic carbocycles. The van der Waals surface area contributed by atoms with E-state index < -0.39 is 0 Å². The number of benzene rings is 4. The standard InChI is InChI=1S/C28H30FN7O.C27H29FN8O.2C23H24FN7O/c1-13-19-9-18(11-32-26(19)14(2)35(13)4)37-28-33-24-10-20-21(6-16(29)7-23(20)31-3)25(24)27(34-28)36-12-15-5-17(36)8-22(15)30;1-30-19-9-15(28)8-18-17(19)10-20-23(18)25(36-13-22(29)27(14-36)5-6-27)34-26(33-20)37-16-11-31-24(32-12-16)21-4-3-7-35(21)2;1-11-27-8-15(9-28-11)32-23-29-20-7-16-17(4-13(24)5-19(16)26-2)21(20)22(30-23)31-10-12-3-14(31)6-18(12)25;1-11-27-7-14(8-28-11)32-23-29-20-6-15-16(4-13(24)5-19(15)26-2)21(20)22(30-23)31-9-12-3-18(25)17(12)10-31/h6-7,9,11,14-15,17,22,31H,1,5,8,10,12,30H2,2-4H3;3,7-9,11-12,21-22,30H,4-6,10,13-14,29H2,1-2H3;4-5,8-9,12,14,18,26H,3,6-7,10,25H2,1-2H3;4-5,7-8,12,17-18,26H,3,6,9-10,25H2,1-2H3/t14?,15?,17?,22-;21?,22-;12?,14?,18-;12?,17?,18-/m0001/s1. The van der Waals surface area contributed by atoms with Gasteiger partial charge in [0, 0.05) is 205 Å². The second kappa shape index (κ2) is 34.2. The van der Waals surface area contributed by atoms with Crippen LogP contribution in [-0.2, 0) is 25.7 Å². The van der Waals surface area contributed by atoms with Crippen molar-refractivity contribution in [3.05, 3.63) is 214 Å². The van der Waals surface area contributed by atoms with Gasteiger partial charge < -0.3 is 92.5 Å². The number of nitrogens with zero attached hydrogens (tertiary/aromatic N) is 21. The van der Waals surface area contributed by atoms with Gasteiger partial charge in [0.05, 0.1) is 83.9 Å². The van der Waals surface area contributed by atoms with Gasteiger partial charge in [0.1, 0.15) is 63.9 Å². The summed E-state index contributed by atoms with van der Waals surface area (Å²) in [6.07, 6.45) is 26.1. The highest BCUT2D eigenvalue weighted by atomic mass is 19.1. The van der Waals surface area contributed by atoms with Crippen molar-refractivity contribution in [2.75, 3.05) is 122 Å². The summed E-state index contributed by atoms with van der Waals surface area (Å²) in [4.78, 5) is 82.2. The van der Waals surface area contributed by atoms with Crippen LogP contribution in [0.4, 0.5) is 63.6 Å². The second-order valence-electron chi connectivity index (χ2n) is 39.0. The van der Waals surface area contributed by atoms with Gasteiger partial charge in [-0.3, -0.25) is 4.98 Å². The van der Waals surface area contributed by atoms with Gasteiger partial charge in [0.2, 0.25) is 0 Å². The molecule has 12 aromatic rings. The van der Waals surface area contributed by atoms with Crippen molar-refractivity contribution in [3.8, 4) is 91.5 Å². The first-order chi connectivity index (χ1) is 66.7. The van der Waals surface area contributed by atoms with Crippen LogP contribution < -0.4 is 82.7 Å². The van der Waals surface area contributed by atoms with Crippen LogP contribution in [0.15, 0.2) is 117 Å². The predicted molar refractivity (Wildman–Crippen MR) is 516 cm³/mol. The van der Waals surface area contributed by atoms with Gasteiger partial charge in [-0.25, -0.2) is 47.5 Å². The highest BCUT2D eigenvalue weighted by Crippen LogP contribution is 2.58. The maximum absolute atomic E-state index is 14.6. The molecule has 4 bridgehead atoms. The third-order valence-electron chi connectivity index (χ3n) is 30.8. The Morgan fingerprint density at radius 1 is 0.428 bits per heavy atom. The van der Waals surface area contributed by atoms with Crippen LogP contribution in [0.3, 0.4) is 0 Å². The van der Waals surface area contributed by atoms with Gasteiger partial charge in [-0.1, -0.05) is 12.7 Å². The Labute approximate surface area is 794 Å². The second-order valence-corrected chi connectivity index (χ2v) is 39.0. The topological polar surface area (TPSA) is 402 Å². The number of hydrogen-bond donors (Lipinski definition) is 8. The van der Waals surface area contributed by atoms with Crippen LogP contribution in [0.2, 0.25) is 0 Å². The molecule has 12 N–H and O–H groups in total. The van der Waals surface area contributed by atoms with Crippen LogP contribution in [-0.4, -0.2) is 202 Å². The van der Waals surface area contributed by atoms with Crippen molar-refractivity contribution in [3.63, 3.8) is 0 Å². The molecule has 14 heterocycles. The van der Waals surface area contributed by atoms with Crippen molar-refractivity contribution in [1.82, 2.24) is 84.6 Å². The number of hydrogen-bond acceptors (Lipinski definition) is 33. The van der Waals surface area contributed by atoms with E-state index in [0.717, 1.165) is 242 Å². The van der Waals surface area contributed by atoms with Crippen LogP contribution in [0.25, 0.3) is 50.2 Å². The summed E-state index contributed by atoms with van der Waals surface area (Å²) in [5.41, 5.74) is 45.8. The summed E-state index contributed by atoms with van der Waals surface area (Å²) in [6.45, 7) is 14.9. The molecule has 12 atom stereocenters. The molecule has 708 valence electrons. The zero-order valence-corrected chi connectivity index (χ0v) is 78.1. The van der Waals surface area contributed by atoms with E-state index in [0.29, 0.717) is 103 Å². The molecule has 138 heavy (non-hydrogen) atoms. The number of aryl methyl sites for hydroxylation is 2. The first kappa shape index (κ1) is 87.8. The Balaban J connectivity index is 0.000000103. The SMILES string of the molecule is C=C1c2cc(Oc3nc4c(c(N5CC6CC5C[C@@H]6N)n3)-c3cc(F)cc(NC)c3C4)cnc2C(C)N1C.CNc1cc(F)cc2c1Cc1nc(Oc3cnc(C)nc3)nc(N3CC4CC3C[C@@H]4N)c1-2.CNc1cc(F)cc2c1Cc1nc(Oc3cnc(C)nc3)nc(N3CC4C[C@@H](N)C4C3)c1-2.CNc1cc(F)cc2c1Cc1nc(Oc3cnc(C4CC=CN4C)nc3)nc(N3C[C@H](N)C4(CC4)C3)c1-2. The van der Waals surface area contributed by atoms with Gasteiger partial charge in [0.25, 0.3) is 0 Å². The van der Waals surface area contributed by atoms with Crippen molar-refractivity contribution >= 4 is 51.7 Å². The van der Waals surface area contributed by atoms with Gasteiger partial charge in [-0.2, -0.15) is 39.9 Å². The third-order valence-corrected chi connectivity index (χ3v) is 30.8. The largest absolute Gasteiger partial charge is 0.423 e. The van der Waals surface area contributed by atoms with Crippen molar-refractivity contribution < 1.29 is 36.5 Å². The highest BCUT2D eigenvalue weighted by Gasteiger charge is 2.55. The molecule has 8 aromatic heterocycles. The lowest BCUT2D eigenvalue weighted by atomic mass is 9.72. The van der Waals surface area contributed by atoms with Crippen LogP contribution in [0.5, 0.6) is 47.0 Å². The summed E-state index contributed by atoms with van der Waals surface area (Å²) >= 11 is 0. The molecule has 37 heteroatoms. The zero-order valence-electron chi connectivity index (χ0n) is 78.1. The molecule has 4 saturated carbocycles. The predicted octanol–water partition coefficient (Wildman–Crippen LogP) is 13.9. The number of halogens is 4. The summed E-state index contributed by atoms with van der Waals surface area (Å²) < 4.78 is 82.3. The van der Waals surface area contributed by atoms with Gasteiger partial charge in [-0.15, -0.1) is 0 Å². The molecule has 14 aliphatic rings. The number of nitrogens with one attached hydrogen (secondary N) is 4. The molecule has 6 aliphatic heterocycles. The Hall–Kier alpha value is -14.2. The smallest absolute Gasteiger partial charge is 0.324 e. The first-order valence-electron chi connectivity index (χ1n) is 47.4. The summed E-state index contributed by atoms with van der Waals surface area (Å²) in [5.74, 6) is 7.97. The fourth-order valence-electron chi connectivity index (χ4n) is 23.2. The third kappa shape index (κ3) is 15.5. The van der Waals surface area contributed by atoms with E-state index in [1.165, 1.54) is 24.3 Å². The highest BCUT2D eigenvalue weighted by molar-refractivity contribution is 5.93. The molecule has 8 unspecified atom stereocenters. The Kier molecular flexibility index (Phi) is 21.8. The fraction of sp³-hybridized carbons (Fsp3) is 0.396. The van der Waals surface area contributed by atoms with Crippen LogP contribution >= 0.6 is 0 Å². The molecule has 0 amide bonds. The van der Waals surface area contributed by atoms with E-state index in [1.807, 2.05) is 47.3 Å². The lowest BCUT2D eigenvalue weighted by Gasteiger charge is -2.36. The van der Waals surface area contributed by atoms with Crippen molar-refractivity contribution in [2.24, 2.45) is 52.0 Å². The number of rotatable bonds is 17. The van der Waals surface area contributed by atoms with E-state index in [2.05, 4.69) is 105 Å². The maximum atomic E-state index is 14.6. The number of ether oxygens (including phenoxy) is 4. The monoisotopic (exact) mass is 1870 g/mol. The van der Waals surface area contributed by atoms with Crippen LogP contribution in [0, 0.1) is 66.2 Å². The van der Waals surface area contributed by atoms with Gasteiger partial charge in [0.15, 0.2) is 23.1 Å². The van der Waals surface area contributed by atoms with Crippen molar-refractivity contribution in [2.45, 2.75) is 146 Å². The van der Waals surface area contributed by atoms with E-state index in [-0.39, 0.29) is 89.0 Å². The molecular weight excluding hydrogens is 1760 g/mol. The molecule has 33 nitrogen and oxygen atoms in total. The lowest BCUT2D eigenvalue weighted by molar-refractivity contribution is 0.194. The quantitative estimate of drug-likeness (QED) is 0.0392. The summed E-state index contributed by atoms with van der Waals surface area (Å²) in [5, 5.41) is 12.5. The average Bonchev–Trinajstić information content (AvgIpc) is 1.56. The Bertz CT molecular complexity index is 6960. The molecular formula is C101H107F4N29O4. The Morgan fingerprint density at radius 3 is 1.20 bits per heavy atom. The number of nitrogens with two attached hydrogens (primary N) is 4. The van der Waals surface area contributed by atoms with E-state index in [1.54, 1.807) is 88.8 Å². The minimum absolute atomic E-state index is 0.0906. The zero-order chi connectivity index (χ0) is 94.9. The molecule has 26 rings (SSSR count). The average molecular weight is 1870 g/mol. The van der Waals surface area contributed by atoms with E-state index in [4.69, 9.17) is 81.8 Å². The van der Waals surface area contributed by atoms with E-state index >= 15 is 0 Å². The molecule has 0 radical (unpaired) electrons. The lowest BCUT2D eigenvalue weighted by Crippen LogP contribution is -2.46. The number of aromatic nitrogens is 15. The number of piperidine rings is 2. The fourth-order valence-corrected chi connectivity index (χ4v) is 23.2. The minimum atomic E-state index is -0.292. The first-order valence-corrected chi connectivity index (χ1v) is 47.4. The number of anilines is 8. The van der Waals surface area contributed by atoms with Gasteiger partial charge >= 0.3 is 24.0 Å². The number of fused-ring (bicyclic) bond motifs is 18. The minimum Gasteiger partial charge on any atom is -0.423 e. The van der Waals surface area contributed by atoms with Gasteiger partial charge in [-0.05, 0) is 201 Å². The summed E-state index contributed by atoms with van der Waals surface area (Å²) in [7, 11) is 11.3. The Morgan fingerprint density at radius 2 is 0.826 bits per heavy atom. The van der Waals surface area contributed by atoms with Crippen molar-refractivity contribution in [1.29, 1.82) is 0 Å². The molecule has 8 fully saturated rings. The normalized spacial score (nSPS) is 23.3. The summed E-state index contributed by atoms with van der Waals surface area (Å²) in [6, 6.07) is 17.1. The van der Waals surface area contributed by atoms with Crippen LogP contribution in [0.1, 0.15) is 144 Å².